The van der Waals surface area contributed by atoms with Gasteiger partial charge in [0.2, 0.25) is 0 Å². The van der Waals surface area contributed by atoms with Crippen molar-refractivity contribution < 1.29 is 0 Å². The Labute approximate surface area is 145 Å². The molecule has 2 aromatic heterocycles. The molecule has 0 aliphatic heterocycles. The molecule has 0 fully saturated rings. The summed E-state index contributed by atoms with van der Waals surface area (Å²) < 4.78 is 1.06. The Morgan fingerprint density at radius 3 is 2.83 bits per heavy atom. The third-order valence-corrected chi connectivity index (χ3v) is 5.47. The van der Waals surface area contributed by atoms with E-state index in [1.54, 1.807) is 6.20 Å². The Bertz CT molecular complexity index is 860. The number of benzene rings is 1. The van der Waals surface area contributed by atoms with Gasteiger partial charge in [0.25, 0.3) is 0 Å². The molecule has 0 aliphatic rings. The van der Waals surface area contributed by atoms with E-state index >= 15 is 0 Å². The summed E-state index contributed by atoms with van der Waals surface area (Å²) in [5.74, 6) is 0.759. The number of nitriles is 1. The van der Waals surface area contributed by atoms with Gasteiger partial charge in [-0.2, -0.15) is 0 Å². The fourth-order valence-electron chi connectivity index (χ4n) is 2.07. The summed E-state index contributed by atoms with van der Waals surface area (Å²) >= 11 is 5.92. The van der Waals surface area contributed by atoms with Gasteiger partial charge in [-0.25, -0.2) is 0 Å². The van der Waals surface area contributed by atoms with Crippen LogP contribution in [-0.2, 0) is 0 Å². The molecule has 0 unspecified atom stereocenters. The maximum atomic E-state index is 8.76. The molecule has 0 amide bonds. The minimum atomic E-state index is -0.0489. The summed E-state index contributed by atoms with van der Waals surface area (Å²) in [5.41, 5.74) is 1.42. The molecule has 113 valence electrons. The Hall–Kier alpha value is -2.15. The van der Waals surface area contributed by atoms with Gasteiger partial charge >= 0.3 is 145 Å². The maximum absolute atomic E-state index is 8.76. The first-order chi connectivity index (χ1) is 11.3. The van der Waals surface area contributed by atoms with Crippen LogP contribution in [-0.4, -0.2) is 37.2 Å². The predicted molar refractivity (Wildman–Crippen MR) is 92.2 cm³/mol. The molecule has 3 rings (SSSR count). The summed E-state index contributed by atoms with van der Waals surface area (Å²) in [5, 5.41) is 14.3. The molecule has 0 saturated carbocycles. The number of para-hydroxylation sites is 1. The molecule has 23 heavy (non-hydrogen) atoms. The molecule has 7 heteroatoms. The number of anilines is 1. The summed E-state index contributed by atoms with van der Waals surface area (Å²) in [6.07, 6.45) is 1.62. The summed E-state index contributed by atoms with van der Waals surface area (Å²) in [6.45, 7) is 0.791. The van der Waals surface area contributed by atoms with Crippen LogP contribution in [0.25, 0.3) is 10.9 Å². The monoisotopic (exact) mass is 384 g/mol. The van der Waals surface area contributed by atoms with Gasteiger partial charge in [0, 0.05) is 0 Å². The van der Waals surface area contributed by atoms with Crippen molar-refractivity contribution in [2.75, 3.05) is 11.9 Å². The van der Waals surface area contributed by atoms with Crippen LogP contribution in [0.2, 0.25) is 10.5 Å². The number of rotatable bonds is 5. The number of aromatic nitrogens is 3. The van der Waals surface area contributed by atoms with Gasteiger partial charge in [-0.05, 0) is 0 Å². The van der Waals surface area contributed by atoms with E-state index in [2.05, 4.69) is 26.3 Å². The first kappa shape index (κ1) is 15.7. The number of pyridine rings is 1. The summed E-state index contributed by atoms with van der Waals surface area (Å²) in [4.78, 5) is 12.8. The fourth-order valence-corrected chi connectivity index (χ4v) is 3.87. The molecule has 0 saturated heterocycles. The van der Waals surface area contributed by atoms with Crippen LogP contribution in [0.15, 0.2) is 42.6 Å². The molecule has 2 heterocycles. The molecule has 3 aromatic rings. The Morgan fingerprint density at radius 2 is 2.04 bits per heavy atom. The second kappa shape index (κ2) is 7.41. The zero-order valence-corrected chi connectivity index (χ0v) is 14.7. The third-order valence-electron chi connectivity index (χ3n) is 3.13. The molecular weight excluding hydrogens is 373 g/mol. The van der Waals surface area contributed by atoms with Crippen molar-refractivity contribution in [2.24, 2.45) is 0 Å². The van der Waals surface area contributed by atoms with E-state index in [1.807, 2.05) is 36.4 Å². The van der Waals surface area contributed by atoms with Crippen molar-refractivity contribution in [1.29, 1.82) is 5.26 Å². The van der Waals surface area contributed by atoms with Gasteiger partial charge in [0.05, 0.1) is 0 Å². The van der Waals surface area contributed by atoms with E-state index < -0.39 is 0 Å². The molecule has 0 aliphatic carbocycles. The van der Waals surface area contributed by atoms with E-state index in [0.29, 0.717) is 5.56 Å². The van der Waals surface area contributed by atoms with Crippen molar-refractivity contribution in [1.82, 2.24) is 15.0 Å². The molecule has 5 nitrogen and oxygen atoms in total. The third kappa shape index (κ3) is 3.98. The fraction of sp³-hybridized carbons (Fsp3) is 0.125. The van der Waals surface area contributed by atoms with Gasteiger partial charge in [-0.3, -0.25) is 0 Å². The SMILES string of the molecule is N#Cc1ccc([As]CCNc2nc(Cl)nc3ccccc23)nc1. The topological polar surface area (TPSA) is 74.5 Å². The van der Waals surface area contributed by atoms with E-state index in [1.165, 1.54) is 0 Å². The quantitative estimate of drug-likeness (QED) is 0.415. The van der Waals surface area contributed by atoms with Crippen LogP contribution in [0.4, 0.5) is 5.82 Å². The van der Waals surface area contributed by atoms with Gasteiger partial charge in [0.1, 0.15) is 0 Å². The van der Waals surface area contributed by atoms with Gasteiger partial charge in [-0.1, -0.05) is 0 Å². The Kier molecular flexibility index (Phi) is 5.07. The molecule has 0 spiro atoms. The van der Waals surface area contributed by atoms with Crippen molar-refractivity contribution >= 4 is 48.6 Å². The molecule has 0 bridgehead atoms. The molecule has 0 atom stereocenters. The van der Waals surface area contributed by atoms with Crippen molar-refractivity contribution in [3.63, 3.8) is 0 Å². The zero-order valence-electron chi connectivity index (χ0n) is 12.1. The van der Waals surface area contributed by atoms with Crippen LogP contribution >= 0.6 is 11.6 Å². The van der Waals surface area contributed by atoms with E-state index in [4.69, 9.17) is 16.9 Å². The molecular formula is C16H12AsClN5. The van der Waals surface area contributed by atoms with Crippen LogP contribution in [0.5, 0.6) is 0 Å². The number of nitrogens with one attached hydrogen (secondary N) is 1. The second-order valence-electron chi connectivity index (χ2n) is 4.68. The van der Waals surface area contributed by atoms with E-state index in [9.17, 15) is 0 Å². The summed E-state index contributed by atoms with van der Waals surface area (Å²) in [6, 6.07) is 13.6. The Morgan fingerprint density at radius 1 is 1.17 bits per heavy atom. The summed E-state index contributed by atoms with van der Waals surface area (Å²) in [7, 11) is 0. The van der Waals surface area contributed by atoms with Gasteiger partial charge < -0.3 is 0 Å². The van der Waals surface area contributed by atoms with Crippen molar-refractivity contribution in [3.05, 3.63) is 53.4 Å². The van der Waals surface area contributed by atoms with E-state index in [-0.39, 0.29) is 21.0 Å². The number of nitrogens with zero attached hydrogens (tertiary/aromatic N) is 4. The number of halogens is 1. The first-order valence-electron chi connectivity index (χ1n) is 6.96. The molecule has 1 radical (unpaired) electrons. The average Bonchev–Trinajstić information content (AvgIpc) is 2.59. The minimum absolute atomic E-state index is 0.0489. The standard InChI is InChI=1S/C16H12AsClN5/c18-16-22-13-4-2-1-3-12(13)15(23-16)20-8-7-17-14-6-5-11(9-19)10-21-14/h1-6,10H,7-8H2,(H,20,22,23). The zero-order chi connectivity index (χ0) is 16.1. The van der Waals surface area contributed by atoms with Crippen molar-refractivity contribution in [3.8, 4) is 6.07 Å². The van der Waals surface area contributed by atoms with Crippen LogP contribution in [0.3, 0.4) is 0 Å². The van der Waals surface area contributed by atoms with Crippen molar-refractivity contribution in [2.45, 2.75) is 5.21 Å². The van der Waals surface area contributed by atoms with E-state index in [0.717, 1.165) is 33.0 Å². The van der Waals surface area contributed by atoms with Crippen LogP contribution < -0.4 is 9.80 Å². The van der Waals surface area contributed by atoms with Crippen LogP contribution in [0, 0.1) is 11.3 Å². The number of hydrogen-bond donors (Lipinski definition) is 1. The Balaban J connectivity index is 1.61. The first-order valence-corrected chi connectivity index (χ1v) is 9.60. The normalized spacial score (nSPS) is 11.0. The second-order valence-corrected chi connectivity index (χ2v) is 7.58. The predicted octanol–water partition coefficient (Wildman–Crippen LogP) is 2.41. The number of fused-ring (bicyclic) bond motifs is 1. The number of hydrogen-bond acceptors (Lipinski definition) is 5. The molecule has 1 aromatic carbocycles. The van der Waals surface area contributed by atoms with Gasteiger partial charge in [0.15, 0.2) is 0 Å². The van der Waals surface area contributed by atoms with Crippen LogP contribution in [0.1, 0.15) is 5.56 Å². The average molecular weight is 385 g/mol. The molecule has 1 N–H and O–H groups in total. The van der Waals surface area contributed by atoms with Gasteiger partial charge in [-0.15, -0.1) is 0 Å².